The lowest BCUT2D eigenvalue weighted by molar-refractivity contribution is -0.111. The highest BCUT2D eigenvalue weighted by molar-refractivity contribution is 8.15. The molecule has 0 aliphatic rings. The summed E-state index contributed by atoms with van der Waals surface area (Å²) in [5.41, 5.74) is 0. The Morgan fingerprint density at radius 2 is 1.29 bits per heavy atom. The summed E-state index contributed by atoms with van der Waals surface area (Å²) in [6.45, 7) is 11.7. The second-order valence-corrected chi connectivity index (χ2v) is 10.7. The first-order valence-electron chi connectivity index (χ1n) is 9.67. The van der Waals surface area contributed by atoms with Crippen LogP contribution in [0.15, 0.2) is 0 Å². The normalized spacial score (nSPS) is 13.2. The van der Waals surface area contributed by atoms with Gasteiger partial charge in [-0.2, -0.15) is 0 Å². The van der Waals surface area contributed by atoms with E-state index in [0.29, 0.717) is 26.2 Å². The maximum atomic E-state index is 12.3. The van der Waals surface area contributed by atoms with Gasteiger partial charge < -0.3 is 13.3 Å². The lowest BCUT2D eigenvalue weighted by Crippen LogP contribution is -2.54. The fourth-order valence-electron chi connectivity index (χ4n) is 2.64. The van der Waals surface area contributed by atoms with Crippen LogP contribution in [0, 0.1) is 0 Å². The monoisotopic (exact) mass is 378 g/mol. The Labute approximate surface area is 154 Å². The van der Waals surface area contributed by atoms with Crippen LogP contribution in [0.4, 0.5) is 0 Å². The fourth-order valence-corrected chi connectivity index (χ4v) is 7.04. The van der Waals surface area contributed by atoms with Crippen molar-refractivity contribution in [1.29, 1.82) is 0 Å². The van der Waals surface area contributed by atoms with E-state index in [9.17, 15) is 4.79 Å². The average Bonchev–Trinajstić information content (AvgIpc) is 2.54. The van der Waals surface area contributed by atoms with E-state index in [4.69, 9.17) is 13.3 Å². The van der Waals surface area contributed by atoms with E-state index < -0.39 is 8.80 Å². The third-order valence-corrected chi connectivity index (χ3v) is 8.94. The second-order valence-electron chi connectivity index (χ2n) is 5.91. The molecule has 0 aromatic carbocycles. The van der Waals surface area contributed by atoms with E-state index in [1.807, 2.05) is 27.7 Å². The van der Waals surface area contributed by atoms with E-state index in [-0.39, 0.29) is 9.99 Å². The van der Waals surface area contributed by atoms with Crippen molar-refractivity contribution >= 4 is 25.7 Å². The molecule has 144 valence electrons. The molecule has 0 rings (SSSR count). The highest BCUT2D eigenvalue weighted by atomic mass is 32.2. The highest BCUT2D eigenvalue weighted by Gasteiger charge is 2.48. The van der Waals surface area contributed by atoms with E-state index in [1.165, 1.54) is 43.9 Å². The SMILES string of the molecule is CCCCCCCCCC(=O)SC(C)[Si](OCC)(OCC)OCC. The van der Waals surface area contributed by atoms with Crippen molar-refractivity contribution < 1.29 is 18.1 Å². The molecule has 0 N–H and O–H groups in total. The van der Waals surface area contributed by atoms with Crippen LogP contribution in [0.25, 0.3) is 0 Å². The molecule has 0 radical (unpaired) electrons. The number of thioether (sulfide) groups is 1. The quantitative estimate of drug-likeness (QED) is 0.267. The van der Waals surface area contributed by atoms with Gasteiger partial charge >= 0.3 is 8.80 Å². The number of unbranched alkanes of at least 4 members (excludes halogenated alkanes) is 6. The zero-order valence-corrected chi connectivity index (χ0v) is 18.2. The van der Waals surface area contributed by atoms with Crippen LogP contribution in [0.3, 0.4) is 0 Å². The van der Waals surface area contributed by atoms with Crippen LogP contribution in [0.1, 0.15) is 86.0 Å². The first kappa shape index (κ1) is 24.1. The highest BCUT2D eigenvalue weighted by Crippen LogP contribution is 2.27. The van der Waals surface area contributed by atoms with E-state index in [2.05, 4.69) is 6.92 Å². The molecule has 0 spiro atoms. The van der Waals surface area contributed by atoms with Crippen molar-refractivity contribution in [3.05, 3.63) is 0 Å². The third-order valence-electron chi connectivity index (χ3n) is 3.83. The molecule has 0 bridgehead atoms. The summed E-state index contributed by atoms with van der Waals surface area (Å²) in [6, 6.07) is 0. The summed E-state index contributed by atoms with van der Waals surface area (Å²) in [6.07, 6.45) is 9.22. The third kappa shape index (κ3) is 10.2. The number of carbonyl (C=O) groups is 1. The van der Waals surface area contributed by atoms with Gasteiger partial charge in [0.1, 0.15) is 0 Å². The van der Waals surface area contributed by atoms with Crippen LogP contribution < -0.4 is 0 Å². The van der Waals surface area contributed by atoms with Gasteiger partial charge in [0.2, 0.25) is 0 Å². The van der Waals surface area contributed by atoms with Gasteiger partial charge in [0.25, 0.3) is 0 Å². The van der Waals surface area contributed by atoms with Crippen molar-refractivity contribution in [2.24, 2.45) is 0 Å². The number of rotatable bonds is 16. The minimum absolute atomic E-state index is 0.0607. The standard InChI is InChI=1S/C18H38O4SSi/c1-6-10-11-12-13-14-15-16-18(19)23-17(5)24(20-7-2,21-8-3)22-9-4/h17H,6-16H2,1-5H3. The Kier molecular flexibility index (Phi) is 15.5. The minimum atomic E-state index is -2.79. The van der Waals surface area contributed by atoms with Crippen LogP contribution in [-0.4, -0.2) is 38.6 Å². The Morgan fingerprint density at radius 3 is 1.75 bits per heavy atom. The summed E-state index contributed by atoms with van der Waals surface area (Å²) in [4.78, 5) is 12.2. The largest absolute Gasteiger partial charge is 0.514 e. The molecule has 0 amide bonds. The molecule has 24 heavy (non-hydrogen) atoms. The molecule has 0 aromatic heterocycles. The van der Waals surface area contributed by atoms with E-state index in [0.717, 1.165) is 12.8 Å². The molecule has 6 heteroatoms. The van der Waals surface area contributed by atoms with Gasteiger partial charge in [0.15, 0.2) is 5.12 Å². The van der Waals surface area contributed by atoms with Gasteiger partial charge in [-0.25, -0.2) is 0 Å². The zero-order valence-electron chi connectivity index (χ0n) is 16.4. The first-order chi connectivity index (χ1) is 11.6. The smallest absolute Gasteiger partial charge is 0.373 e. The van der Waals surface area contributed by atoms with Crippen molar-refractivity contribution in [3.8, 4) is 0 Å². The zero-order chi connectivity index (χ0) is 18.3. The van der Waals surface area contributed by atoms with Crippen LogP contribution in [0.2, 0.25) is 0 Å². The number of carbonyl (C=O) groups excluding carboxylic acids is 1. The average molecular weight is 379 g/mol. The van der Waals surface area contributed by atoms with Gasteiger partial charge in [-0.15, -0.1) is 0 Å². The van der Waals surface area contributed by atoms with E-state index >= 15 is 0 Å². The van der Waals surface area contributed by atoms with Crippen molar-refractivity contribution in [1.82, 2.24) is 0 Å². The van der Waals surface area contributed by atoms with Crippen LogP contribution >= 0.6 is 11.8 Å². The minimum Gasteiger partial charge on any atom is -0.373 e. The molecule has 0 saturated heterocycles. The molecule has 0 heterocycles. The van der Waals surface area contributed by atoms with Crippen LogP contribution in [0.5, 0.6) is 0 Å². The maximum absolute atomic E-state index is 12.3. The second kappa shape index (κ2) is 15.4. The van der Waals surface area contributed by atoms with Gasteiger partial charge in [-0.05, 0) is 34.1 Å². The summed E-state index contributed by atoms with van der Waals surface area (Å²) in [5.74, 6) is 0. The Hall–Kier alpha value is 0.117. The predicted octanol–water partition coefficient (Wildman–Crippen LogP) is 5.36. The molecule has 1 unspecified atom stereocenters. The van der Waals surface area contributed by atoms with Gasteiger partial charge in [-0.1, -0.05) is 57.2 Å². The topological polar surface area (TPSA) is 44.8 Å². The first-order valence-corrected chi connectivity index (χ1v) is 12.4. The van der Waals surface area contributed by atoms with Crippen molar-refractivity contribution in [2.75, 3.05) is 19.8 Å². The van der Waals surface area contributed by atoms with Gasteiger partial charge in [0.05, 0.1) is 4.87 Å². The maximum Gasteiger partial charge on any atom is 0.514 e. The number of hydrogen-bond acceptors (Lipinski definition) is 5. The molecule has 0 fully saturated rings. The summed E-state index contributed by atoms with van der Waals surface area (Å²) in [7, 11) is -2.79. The molecular weight excluding hydrogens is 340 g/mol. The molecule has 4 nitrogen and oxygen atoms in total. The molecule has 0 aliphatic heterocycles. The molecule has 0 aromatic rings. The van der Waals surface area contributed by atoms with Gasteiger partial charge in [0, 0.05) is 26.2 Å². The molecule has 0 saturated carbocycles. The lowest BCUT2D eigenvalue weighted by Gasteiger charge is -2.32. The number of hydrogen-bond donors (Lipinski definition) is 0. The Bertz CT molecular complexity index is 298. The molecule has 0 aliphatic carbocycles. The predicted molar refractivity (Wildman–Crippen MR) is 105 cm³/mol. The summed E-state index contributed by atoms with van der Waals surface area (Å²) >= 11 is 1.35. The summed E-state index contributed by atoms with van der Waals surface area (Å²) < 4.78 is 17.6. The molecule has 1 atom stereocenters. The lowest BCUT2D eigenvalue weighted by atomic mass is 10.1. The fraction of sp³-hybridized carbons (Fsp3) is 0.944. The summed E-state index contributed by atoms with van der Waals surface area (Å²) in [5, 5.41) is 0.229. The van der Waals surface area contributed by atoms with E-state index in [1.54, 1.807) is 0 Å². The molecular formula is C18H38O4SSi. The Balaban J connectivity index is 4.23. The van der Waals surface area contributed by atoms with Crippen LogP contribution in [-0.2, 0) is 18.1 Å². The van der Waals surface area contributed by atoms with Gasteiger partial charge in [-0.3, -0.25) is 4.79 Å². The Morgan fingerprint density at radius 1 is 0.833 bits per heavy atom. The van der Waals surface area contributed by atoms with Crippen molar-refractivity contribution in [3.63, 3.8) is 0 Å². The van der Waals surface area contributed by atoms with Crippen molar-refractivity contribution in [2.45, 2.75) is 90.9 Å².